The Morgan fingerprint density at radius 3 is 2.50 bits per heavy atom. The molecule has 0 saturated carbocycles. The minimum atomic E-state index is -0.287. The molecule has 0 aliphatic carbocycles. The van der Waals surface area contributed by atoms with Crippen LogP contribution in [0.1, 0.15) is 40.5 Å². The van der Waals surface area contributed by atoms with Gasteiger partial charge in [0.15, 0.2) is 36.3 Å². The largest absolute Gasteiger partial charge is 0.493 e. The van der Waals surface area contributed by atoms with Crippen LogP contribution in [-0.4, -0.2) is 55.9 Å². The Morgan fingerprint density at radius 2 is 1.78 bits per heavy atom. The number of carbonyl (C=O) groups excluding carboxylic acids is 3. The van der Waals surface area contributed by atoms with E-state index in [1.165, 1.54) is 12.0 Å². The zero-order valence-corrected chi connectivity index (χ0v) is 20.5. The van der Waals surface area contributed by atoms with Crippen molar-refractivity contribution in [3.63, 3.8) is 0 Å². The fraction of sp³-hybridized carbons (Fsp3) is 0.296. The summed E-state index contributed by atoms with van der Waals surface area (Å²) in [4.78, 5) is 41.3. The number of hydrogen-bond acceptors (Lipinski definition) is 7. The third kappa shape index (κ3) is 5.19. The van der Waals surface area contributed by atoms with Crippen LogP contribution >= 0.6 is 0 Å². The normalized spacial score (nSPS) is 12.5. The number of methoxy groups -OCH3 is 1. The van der Waals surface area contributed by atoms with Gasteiger partial charge in [0, 0.05) is 18.7 Å². The topological polar surface area (TPSA) is 98.5 Å². The molecule has 3 aromatic rings. The molecule has 36 heavy (non-hydrogen) atoms. The Hall–Kier alpha value is -4.27. The van der Waals surface area contributed by atoms with Crippen molar-refractivity contribution in [3.05, 3.63) is 71.7 Å². The van der Waals surface area contributed by atoms with Gasteiger partial charge in [0.2, 0.25) is 0 Å². The molecule has 188 valence electrons. The van der Waals surface area contributed by atoms with E-state index in [0.717, 1.165) is 0 Å². The number of nitrogens with zero attached hydrogens (tertiary/aromatic N) is 2. The van der Waals surface area contributed by atoms with Gasteiger partial charge in [0.25, 0.3) is 11.8 Å². The molecule has 0 atom stereocenters. The number of ether oxygens (including phenoxy) is 3. The van der Waals surface area contributed by atoms with E-state index >= 15 is 0 Å². The fourth-order valence-electron chi connectivity index (χ4n) is 3.91. The van der Waals surface area contributed by atoms with Gasteiger partial charge in [-0.1, -0.05) is 12.1 Å². The number of anilines is 1. The lowest BCUT2D eigenvalue weighted by molar-refractivity contribution is -0.121. The molecule has 0 bridgehead atoms. The second kappa shape index (κ2) is 11.0. The maximum atomic E-state index is 12.9. The van der Waals surface area contributed by atoms with Gasteiger partial charge in [0.1, 0.15) is 11.5 Å². The zero-order valence-electron chi connectivity index (χ0n) is 20.5. The van der Waals surface area contributed by atoms with E-state index in [-0.39, 0.29) is 43.1 Å². The first-order valence-corrected chi connectivity index (χ1v) is 11.7. The molecule has 0 unspecified atom stereocenters. The van der Waals surface area contributed by atoms with E-state index in [9.17, 15) is 14.4 Å². The van der Waals surface area contributed by atoms with E-state index in [2.05, 4.69) is 0 Å². The van der Waals surface area contributed by atoms with Gasteiger partial charge in [-0.25, -0.2) is 0 Å². The number of fused-ring (bicyclic) bond motifs is 1. The first kappa shape index (κ1) is 24.8. The Kier molecular flexibility index (Phi) is 7.58. The summed E-state index contributed by atoms with van der Waals surface area (Å²) >= 11 is 0. The number of benzene rings is 2. The van der Waals surface area contributed by atoms with Crippen molar-refractivity contribution in [2.24, 2.45) is 0 Å². The van der Waals surface area contributed by atoms with E-state index in [1.807, 2.05) is 19.9 Å². The minimum Gasteiger partial charge on any atom is -0.493 e. The Labute approximate surface area is 209 Å². The van der Waals surface area contributed by atoms with Crippen LogP contribution in [0.5, 0.6) is 17.2 Å². The molecule has 4 rings (SSSR count). The van der Waals surface area contributed by atoms with E-state index in [0.29, 0.717) is 47.3 Å². The van der Waals surface area contributed by atoms with Crippen molar-refractivity contribution in [2.75, 3.05) is 38.3 Å². The van der Waals surface area contributed by atoms with Gasteiger partial charge in [-0.2, -0.15) is 0 Å². The number of furan rings is 1. The molecule has 0 radical (unpaired) electrons. The number of para-hydroxylation sites is 2. The van der Waals surface area contributed by atoms with E-state index in [4.69, 9.17) is 18.6 Å². The molecule has 0 fully saturated rings. The number of carbonyl (C=O) groups is 3. The van der Waals surface area contributed by atoms with Gasteiger partial charge in [0.05, 0.1) is 19.3 Å². The highest BCUT2D eigenvalue weighted by Gasteiger charge is 2.28. The van der Waals surface area contributed by atoms with Crippen LogP contribution < -0.4 is 19.1 Å². The summed E-state index contributed by atoms with van der Waals surface area (Å²) in [6.45, 7) is 4.68. The molecule has 0 spiro atoms. The number of ketones is 1. The molecule has 2 amide bonds. The zero-order chi connectivity index (χ0) is 25.7. The van der Waals surface area contributed by atoms with E-state index < -0.39 is 0 Å². The highest BCUT2D eigenvalue weighted by Crippen LogP contribution is 2.34. The van der Waals surface area contributed by atoms with Crippen molar-refractivity contribution in [1.82, 2.24) is 4.90 Å². The molecular weight excluding hydrogens is 464 g/mol. The van der Waals surface area contributed by atoms with Gasteiger partial charge in [-0.05, 0) is 56.3 Å². The van der Waals surface area contributed by atoms with Gasteiger partial charge >= 0.3 is 0 Å². The summed E-state index contributed by atoms with van der Waals surface area (Å²) in [6, 6.07) is 15.2. The SMILES string of the molecule is CCN(CC)C(=O)c1ccc(CN2C(=O)COc3ccc(C(=O)COc4ccccc4OC)cc32)o1. The summed E-state index contributed by atoms with van der Waals surface area (Å²) in [5.74, 6) is 1.36. The lowest BCUT2D eigenvalue weighted by Gasteiger charge is -2.29. The third-order valence-electron chi connectivity index (χ3n) is 5.89. The van der Waals surface area contributed by atoms with Crippen molar-refractivity contribution in [3.8, 4) is 17.2 Å². The first-order valence-electron chi connectivity index (χ1n) is 11.7. The maximum Gasteiger partial charge on any atom is 0.289 e. The standard InChI is InChI=1S/C27H28N2O7/c1-4-28(5-2)27(32)25-13-11-19(36-25)15-29-20-14-18(10-12-22(20)35-17-26(29)31)21(30)16-34-24-9-7-6-8-23(24)33-3/h6-14H,4-5,15-17H2,1-3H3. The first-order chi connectivity index (χ1) is 17.4. The number of hydrogen-bond donors (Lipinski definition) is 0. The molecule has 1 aliphatic heterocycles. The molecule has 9 nitrogen and oxygen atoms in total. The molecule has 9 heteroatoms. The van der Waals surface area contributed by atoms with Crippen LogP contribution in [0, 0.1) is 0 Å². The third-order valence-corrected chi connectivity index (χ3v) is 5.89. The second-order valence-corrected chi connectivity index (χ2v) is 8.06. The molecular formula is C27H28N2O7. The lowest BCUT2D eigenvalue weighted by atomic mass is 10.1. The van der Waals surface area contributed by atoms with Gasteiger partial charge < -0.3 is 23.5 Å². The van der Waals surface area contributed by atoms with Crippen molar-refractivity contribution < 1.29 is 33.0 Å². The molecule has 2 heterocycles. The smallest absolute Gasteiger partial charge is 0.289 e. The summed E-state index contributed by atoms with van der Waals surface area (Å²) in [6.07, 6.45) is 0. The number of amides is 2. The maximum absolute atomic E-state index is 12.9. The van der Waals surface area contributed by atoms with Crippen LogP contribution in [0.3, 0.4) is 0 Å². The van der Waals surface area contributed by atoms with Crippen LogP contribution in [0.2, 0.25) is 0 Å². The molecule has 0 N–H and O–H groups in total. The van der Waals surface area contributed by atoms with Crippen LogP contribution in [0.15, 0.2) is 59.0 Å². The average Bonchev–Trinajstić information content (AvgIpc) is 3.38. The molecule has 1 aliphatic rings. The highest BCUT2D eigenvalue weighted by molar-refractivity contribution is 6.02. The summed E-state index contributed by atoms with van der Waals surface area (Å²) in [7, 11) is 1.53. The Balaban J connectivity index is 1.52. The molecule has 0 saturated heterocycles. The molecule has 2 aromatic carbocycles. The van der Waals surface area contributed by atoms with Crippen molar-refractivity contribution >= 4 is 23.3 Å². The second-order valence-electron chi connectivity index (χ2n) is 8.06. The summed E-state index contributed by atoms with van der Waals surface area (Å²) < 4.78 is 22.2. The highest BCUT2D eigenvalue weighted by atomic mass is 16.5. The predicted octanol–water partition coefficient (Wildman–Crippen LogP) is 3.96. The molecule has 1 aromatic heterocycles. The number of Topliss-reactive ketones (excluding diaryl/α,β-unsaturated/α-hetero) is 1. The monoisotopic (exact) mass is 492 g/mol. The van der Waals surface area contributed by atoms with Gasteiger partial charge in [-0.15, -0.1) is 0 Å². The van der Waals surface area contributed by atoms with Crippen molar-refractivity contribution in [1.29, 1.82) is 0 Å². The predicted molar refractivity (Wildman–Crippen MR) is 132 cm³/mol. The van der Waals surface area contributed by atoms with Gasteiger partial charge in [-0.3, -0.25) is 19.3 Å². The number of rotatable bonds is 10. The van der Waals surface area contributed by atoms with Crippen molar-refractivity contribution in [2.45, 2.75) is 20.4 Å². The Morgan fingerprint density at radius 1 is 1.03 bits per heavy atom. The van der Waals surface area contributed by atoms with E-state index in [1.54, 1.807) is 53.4 Å². The van der Waals surface area contributed by atoms with Crippen LogP contribution in [0.25, 0.3) is 0 Å². The van der Waals surface area contributed by atoms with Crippen LogP contribution in [-0.2, 0) is 11.3 Å². The lowest BCUT2D eigenvalue weighted by Crippen LogP contribution is -2.38. The minimum absolute atomic E-state index is 0.0933. The summed E-state index contributed by atoms with van der Waals surface area (Å²) in [5.41, 5.74) is 0.811. The summed E-state index contributed by atoms with van der Waals surface area (Å²) in [5, 5.41) is 0. The quantitative estimate of drug-likeness (QED) is 0.395. The van der Waals surface area contributed by atoms with Crippen LogP contribution in [0.4, 0.5) is 5.69 Å². The fourth-order valence-corrected chi connectivity index (χ4v) is 3.91. The average molecular weight is 493 g/mol. The Bertz CT molecular complexity index is 1260.